The van der Waals surface area contributed by atoms with Crippen molar-refractivity contribution in [3.05, 3.63) is 87.5 Å². The number of nitrogens with one attached hydrogen (secondary N) is 1. The number of rotatable bonds is 6. The number of para-hydroxylation sites is 1. The second kappa shape index (κ2) is 8.48. The Morgan fingerprint density at radius 1 is 0.793 bits per heavy atom. The number of aryl methyl sites for hydroxylation is 1. The summed E-state index contributed by atoms with van der Waals surface area (Å²) in [6, 6.07) is 19.9. The summed E-state index contributed by atoms with van der Waals surface area (Å²) in [5, 5.41) is 15.1. The van der Waals surface area contributed by atoms with E-state index in [4.69, 9.17) is 0 Å². The molecule has 3 aromatic rings. The van der Waals surface area contributed by atoms with Crippen molar-refractivity contribution in [3.63, 3.8) is 0 Å². The van der Waals surface area contributed by atoms with Crippen LogP contribution < -0.4 is 5.32 Å². The van der Waals surface area contributed by atoms with Gasteiger partial charge in [0.05, 0.1) is 4.92 Å². The van der Waals surface area contributed by atoms with Crippen molar-refractivity contribution < 1.29 is 4.92 Å². The Morgan fingerprint density at radius 2 is 1.38 bits per heavy atom. The number of hydrogen-bond donors (Lipinski definition) is 1. The van der Waals surface area contributed by atoms with Crippen molar-refractivity contribution in [2.24, 2.45) is 0 Å². The topological polar surface area (TPSA) is 55.2 Å². The van der Waals surface area contributed by atoms with Gasteiger partial charge in [-0.25, -0.2) is 0 Å². The van der Waals surface area contributed by atoms with Crippen LogP contribution in [0.4, 0.5) is 17.1 Å². The molecule has 0 atom stereocenters. The van der Waals surface area contributed by atoms with E-state index in [2.05, 4.69) is 57.3 Å². The van der Waals surface area contributed by atoms with Gasteiger partial charge in [-0.1, -0.05) is 70.2 Å². The first kappa shape index (κ1) is 20.6. The average Bonchev–Trinajstić information content (AvgIpc) is 2.69. The molecular weight excluding hydrogens is 360 g/mol. The Hall–Kier alpha value is -3.14. The molecule has 0 fully saturated rings. The van der Waals surface area contributed by atoms with Crippen molar-refractivity contribution in [1.29, 1.82) is 0 Å². The third-order valence-electron chi connectivity index (χ3n) is 5.25. The lowest BCUT2D eigenvalue weighted by molar-refractivity contribution is -0.384. The molecule has 0 aliphatic heterocycles. The molecule has 0 radical (unpaired) electrons. The predicted octanol–water partition coefficient (Wildman–Crippen LogP) is 7.56. The molecule has 0 unspecified atom stereocenters. The maximum absolute atomic E-state index is 11.6. The van der Waals surface area contributed by atoms with Crippen LogP contribution in [0.1, 0.15) is 56.2 Å². The fourth-order valence-corrected chi connectivity index (χ4v) is 3.63. The minimum absolute atomic E-state index is 0.0987. The summed E-state index contributed by atoms with van der Waals surface area (Å²) in [7, 11) is 0. The van der Waals surface area contributed by atoms with Gasteiger partial charge in [0, 0.05) is 11.8 Å². The fraction of sp³-hybridized carbons (Fsp3) is 0.280. The third kappa shape index (κ3) is 4.32. The smallest absolute Gasteiger partial charge is 0.292 e. The summed E-state index contributed by atoms with van der Waals surface area (Å²) in [6.45, 7) is 10.5. The zero-order chi connectivity index (χ0) is 21.1. The minimum Gasteiger partial charge on any atom is -0.349 e. The van der Waals surface area contributed by atoms with Gasteiger partial charge in [0.25, 0.3) is 5.69 Å². The van der Waals surface area contributed by atoms with Gasteiger partial charge in [-0.3, -0.25) is 10.1 Å². The summed E-state index contributed by atoms with van der Waals surface area (Å²) in [6.07, 6.45) is 0. The van der Waals surface area contributed by atoms with E-state index >= 15 is 0 Å². The fourth-order valence-electron chi connectivity index (χ4n) is 3.63. The molecule has 0 saturated carbocycles. The molecule has 0 bridgehead atoms. The summed E-state index contributed by atoms with van der Waals surface area (Å²) >= 11 is 0. The number of nitro groups is 1. The van der Waals surface area contributed by atoms with Gasteiger partial charge in [-0.05, 0) is 58.7 Å². The Labute approximate surface area is 172 Å². The molecule has 0 amide bonds. The Balaban J connectivity index is 2.23. The van der Waals surface area contributed by atoms with Crippen molar-refractivity contribution in [2.45, 2.75) is 46.5 Å². The van der Waals surface area contributed by atoms with Crippen molar-refractivity contribution in [3.8, 4) is 11.1 Å². The normalized spacial score (nSPS) is 11.1. The first-order valence-corrected chi connectivity index (χ1v) is 10.0. The molecule has 0 aliphatic rings. The SMILES string of the molecule is Cc1cccc([N+](=O)[O-])c1Nc1c(C(C)C)cc(-c2ccccc2)cc1C(C)C. The molecule has 4 heteroatoms. The highest BCUT2D eigenvalue weighted by atomic mass is 16.6. The van der Waals surface area contributed by atoms with Crippen LogP contribution in [-0.2, 0) is 0 Å². The lowest BCUT2D eigenvalue weighted by Crippen LogP contribution is -2.07. The van der Waals surface area contributed by atoms with Gasteiger partial charge in [-0.2, -0.15) is 0 Å². The number of hydrogen-bond acceptors (Lipinski definition) is 3. The predicted molar refractivity (Wildman–Crippen MR) is 121 cm³/mol. The zero-order valence-electron chi connectivity index (χ0n) is 17.7. The summed E-state index contributed by atoms with van der Waals surface area (Å²) < 4.78 is 0. The summed E-state index contributed by atoms with van der Waals surface area (Å²) in [4.78, 5) is 11.3. The number of benzene rings is 3. The van der Waals surface area contributed by atoms with Crippen LogP contribution in [0.3, 0.4) is 0 Å². The molecule has 0 aromatic heterocycles. The van der Waals surface area contributed by atoms with Crippen LogP contribution in [0, 0.1) is 17.0 Å². The Morgan fingerprint density at radius 3 is 1.90 bits per heavy atom. The molecule has 0 heterocycles. The third-order valence-corrected chi connectivity index (χ3v) is 5.25. The quantitative estimate of drug-likeness (QED) is 0.350. The summed E-state index contributed by atoms with van der Waals surface area (Å²) in [5.74, 6) is 0.531. The van der Waals surface area contributed by atoms with Crippen LogP contribution >= 0.6 is 0 Å². The first-order valence-electron chi connectivity index (χ1n) is 10.0. The van der Waals surface area contributed by atoms with E-state index in [9.17, 15) is 10.1 Å². The Bertz CT molecular complexity index is 995. The molecule has 29 heavy (non-hydrogen) atoms. The maximum atomic E-state index is 11.6. The standard InChI is InChI=1S/C25H28N2O2/c1-16(2)21-14-20(19-11-7-6-8-12-19)15-22(17(3)4)25(21)26-24-18(5)10-9-13-23(24)27(28)29/h6-17,26H,1-5H3. The highest BCUT2D eigenvalue weighted by Crippen LogP contribution is 2.41. The average molecular weight is 389 g/mol. The zero-order valence-corrected chi connectivity index (χ0v) is 17.7. The minimum atomic E-state index is -0.322. The van der Waals surface area contributed by atoms with E-state index in [1.165, 1.54) is 11.1 Å². The lowest BCUT2D eigenvalue weighted by Gasteiger charge is -2.23. The van der Waals surface area contributed by atoms with Crippen LogP contribution in [0.5, 0.6) is 0 Å². The van der Waals surface area contributed by atoms with E-state index < -0.39 is 0 Å². The van der Waals surface area contributed by atoms with E-state index in [1.807, 2.05) is 31.2 Å². The van der Waals surface area contributed by atoms with Gasteiger partial charge < -0.3 is 5.32 Å². The lowest BCUT2D eigenvalue weighted by atomic mass is 9.88. The van der Waals surface area contributed by atoms with Crippen molar-refractivity contribution in [2.75, 3.05) is 5.32 Å². The van der Waals surface area contributed by atoms with E-state index in [0.29, 0.717) is 5.69 Å². The highest BCUT2D eigenvalue weighted by Gasteiger charge is 2.21. The van der Waals surface area contributed by atoms with Crippen LogP contribution in [-0.4, -0.2) is 4.92 Å². The summed E-state index contributed by atoms with van der Waals surface area (Å²) in [5.41, 5.74) is 7.16. The van der Waals surface area contributed by atoms with E-state index in [1.54, 1.807) is 12.1 Å². The molecule has 4 nitrogen and oxygen atoms in total. The van der Waals surface area contributed by atoms with Gasteiger partial charge in [0.2, 0.25) is 0 Å². The van der Waals surface area contributed by atoms with Crippen LogP contribution in [0.25, 0.3) is 11.1 Å². The monoisotopic (exact) mass is 388 g/mol. The van der Waals surface area contributed by atoms with Gasteiger partial charge in [-0.15, -0.1) is 0 Å². The first-order chi connectivity index (χ1) is 13.8. The molecular formula is C25H28N2O2. The largest absolute Gasteiger partial charge is 0.349 e. The van der Waals surface area contributed by atoms with Crippen LogP contribution in [0.2, 0.25) is 0 Å². The molecule has 3 rings (SSSR count). The van der Waals surface area contributed by atoms with Gasteiger partial charge in [0.1, 0.15) is 5.69 Å². The number of nitrogens with zero attached hydrogens (tertiary/aromatic N) is 1. The van der Waals surface area contributed by atoms with Crippen LogP contribution in [0.15, 0.2) is 60.7 Å². The second-order valence-electron chi connectivity index (χ2n) is 8.06. The van der Waals surface area contributed by atoms with Crippen molar-refractivity contribution in [1.82, 2.24) is 0 Å². The molecule has 1 N–H and O–H groups in total. The second-order valence-corrected chi connectivity index (χ2v) is 8.06. The highest BCUT2D eigenvalue weighted by molar-refractivity contribution is 5.80. The molecule has 3 aromatic carbocycles. The molecule has 0 aliphatic carbocycles. The van der Waals surface area contributed by atoms with Crippen molar-refractivity contribution >= 4 is 17.1 Å². The Kier molecular flexibility index (Phi) is 6.02. The molecule has 0 spiro atoms. The van der Waals surface area contributed by atoms with E-state index in [0.717, 1.165) is 22.4 Å². The van der Waals surface area contributed by atoms with Gasteiger partial charge >= 0.3 is 0 Å². The molecule has 150 valence electrons. The number of anilines is 2. The number of nitro benzene ring substituents is 1. The maximum Gasteiger partial charge on any atom is 0.292 e. The van der Waals surface area contributed by atoms with E-state index in [-0.39, 0.29) is 22.4 Å². The van der Waals surface area contributed by atoms with Gasteiger partial charge in [0.15, 0.2) is 0 Å². The molecule has 0 saturated heterocycles.